The first-order chi connectivity index (χ1) is 9.28. The van der Waals surface area contributed by atoms with Crippen LogP contribution in [0, 0.1) is 5.92 Å². The van der Waals surface area contributed by atoms with E-state index in [1.54, 1.807) is 4.90 Å². The minimum atomic E-state index is 0.135. The topological polar surface area (TPSA) is 59.2 Å². The summed E-state index contributed by atoms with van der Waals surface area (Å²) in [4.78, 5) is 13.7. The first-order valence-electron chi connectivity index (χ1n) is 6.07. The zero-order chi connectivity index (χ0) is 13.2. The largest absolute Gasteiger partial charge is 0.423 e. The molecule has 3 rings (SSSR count). The molecule has 1 saturated heterocycles. The highest BCUT2D eigenvalue weighted by molar-refractivity contribution is 5.96. The summed E-state index contributed by atoms with van der Waals surface area (Å²) in [6.45, 7) is 4.44. The zero-order valence-corrected chi connectivity index (χ0v) is 10.3. The Bertz CT molecular complexity index is 590. The third-order valence-corrected chi connectivity index (χ3v) is 3.27. The van der Waals surface area contributed by atoms with Crippen LogP contribution < -0.4 is 4.90 Å². The normalized spacial score (nSPS) is 18.8. The van der Waals surface area contributed by atoms with Crippen LogP contribution in [0.15, 0.2) is 47.7 Å². The Kier molecular flexibility index (Phi) is 2.87. The number of hydrogen-bond acceptors (Lipinski definition) is 4. The van der Waals surface area contributed by atoms with E-state index in [4.69, 9.17) is 4.42 Å². The van der Waals surface area contributed by atoms with Gasteiger partial charge in [-0.25, -0.2) is 0 Å². The predicted molar refractivity (Wildman–Crippen MR) is 70.4 cm³/mol. The van der Waals surface area contributed by atoms with Gasteiger partial charge in [-0.3, -0.25) is 4.79 Å². The van der Waals surface area contributed by atoms with E-state index >= 15 is 0 Å². The summed E-state index contributed by atoms with van der Waals surface area (Å²) in [5.74, 6) is 0.849. The van der Waals surface area contributed by atoms with Crippen molar-refractivity contribution in [1.29, 1.82) is 0 Å². The van der Waals surface area contributed by atoms with Gasteiger partial charge in [0, 0.05) is 30.1 Å². The van der Waals surface area contributed by atoms with Crippen LogP contribution in [-0.4, -0.2) is 22.6 Å². The molecule has 2 heterocycles. The van der Waals surface area contributed by atoms with E-state index in [-0.39, 0.29) is 11.8 Å². The van der Waals surface area contributed by atoms with Crippen molar-refractivity contribution in [1.82, 2.24) is 10.2 Å². The highest BCUT2D eigenvalue weighted by Gasteiger charge is 2.28. The number of benzene rings is 1. The molecule has 5 nitrogen and oxygen atoms in total. The van der Waals surface area contributed by atoms with Crippen molar-refractivity contribution in [3.8, 4) is 11.5 Å². The molecular weight excluding hydrogens is 242 g/mol. The highest BCUT2D eigenvalue weighted by atomic mass is 16.4. The molecule has 1 aromatic heterocycles. The van der Waals surface area contributed by atoms with Gasteiger partial charge in [0.1, 0.15) is 0 Å². The Morgan fingerprint density at radius 1 is 1.37 bits per heavy atom. The van der Waals surface area contributed by atoms with Gasteiger partial charge in [-0.2, -0.15) is 0 Å². The van der Waals surface area contributed by atoms with Crippen LogP contribution in [-0.2, 0) is 4.79 Å². The van der Waals surface area contributed by atoms with Crippen molar-refractivity contribution >= 4 is 11.6 Å². The van der Waals surface area contributed by atoms with Gasteiger partial charge >= 0.3 is 0 Å². The van der Waals surface area contributed by atoms with Gasteiger partial charge < -0.3 is 9.32 Å². The fourth-order valence-electron chi connectivity index (χ4n) is 2.23. The average molecular weight is 255 g/mol. The second-order valence-electron chi connectivity index (χ2n) is 4.50. The lowest BCUT2D eigenvalue weighted by Crippen LogP contribution is -2.24. The van der Waals surface area contributed by atoms with E-state index in [1.165, 1.54) is 6.39 Å². The van der Waals surface area contributed by atoms with Crippen molar-refractivity contribution in [2.24, 2.45) is 5.92 Å². The smallest absolute Gasteiger partial charge is 0.247 e. The van der Waals surface area contributed by atoms with Gasteiger partial charge in [-0.05, 0) is 24.3 Å². The minimum Gasteiger partial charge on any atom is -0.423 e. The Labute approximate surface area is 110 Å². The number of aromatic nitrogens is 2. The second-order valence-corrected chi connectivity index (χ2v) is 4.50. The molecule has 0 bridgehead atoms. The van der Waals surface area contributed by atoms with Crippen LogP contribution >= 0.6 is 0 Å². The molecule has 0 N–H and O–H groups in total. The summed E-state index contributed by atoms with van der Waals surface area (Å²) >= 11 is 0. The number of anilines is 1. The molecule has 1 atom stereocenters. The molecule has 1 aliphatic rings. The molecule has 1 fully saturated rings. The molecule has 0 aliphatic carbocycles. The molecule has 0 spiro atoms. The van der Waals surface area contributed by atoms with Crippen LogP contribution in [0.1, 0.15) is 6.42 Å². The molecule has 1 aliphatic heterocycles. The van der Waals surface area contributed by atoms with Crippen LogP contribution in [0.2, 0.25) is 0 Å². The lowest BCUT2D eigenvalue weighted by Gasteiger charge is -2.16. The summed E-state index contributed by atoms with van der Waals surface area (Å²) in [6.07, 6.45) is 3.67. The van der Waals surface area contributed by atoms with Crippen LogP contribution in [0.4, 0.5) is 5.69 Å². The first-order valence-corrected chi connectivity index (χ1v) is 6.07. The zero-order valence-electron chi connectivity index (χ0n) is 10.3. The highest BCUT2D eigenvalue weighted by Crippen LogP contribution is 2.27. The van der Waals surface area contributed by atoms with Crippen molar-refractivity contribution in [3.63, 3.8) is 0 Å². The quantitative estimate of drug-likeness (QED) is 0.789. The summed E-state index contributed by atoms with van der Waals surface area (Å²) < 4.78 is 5.12. The molecule has 0 radical (unpaired) electrons. The van der Waals surface area contributed by atoms with Gasteiger partial charge in [0.2, 0.25) is 18.2 Å². The summed E-state index contributed by atoms with van der Waals surface area (Å²) in [5, 5.41) is 7.48. The fourth-order valence-corrected chi connectivity index (χ4v) is 2.23. The van der Waals surface area contributed by atoms with Crippen molar-refractivity contribution in [3.05, 3.63) is 43.3 Å². The van der Waals surface area contributed by atoms with Gasteiger partial charge in [0.25, 0.3) is 0 Å². The summed E-state index contributed by atoms with van der Waals surface area (Å²) in [6, 6.07) is 7.53. The standard InChI is InChI=1S/C14H13N3O2/c1-2-10-7-13(18)17(8-10)12-5-3-11(4-6-12)14-16-15-9-19-14/h2-6,9-10H,1,7-8H2. The SMILES string of the molecule is C=CC1CC(=O)N(c2ccc(-c3nnco3)cc2)C1. The monoisotopic (exact) mass is 255 g/mol. The van der Waals surface area contributed by atoms with E-state index in [2.05, 4.69) is 16.8 Å². The number of rotatable bonds is 3. The molecule has 96 valence electrons. The Morgan fingerprint density at radius 2 is 2.16 bits per heavy atom. The predicted octanol–water partition coefficient (Wildman–Crippen LogP) is 2.28. The summed E-state index contributed by atoms with van der Waals surface area (Å²) in [7, 11) is 0. The van der Waals surface area contributed by atoms with Crippen LogP contribution in [0.25, 0.3) is 11.5 Å². The third kappa shape index (κ3) is 2.14. The van der Waals surface area contributed by atoms with E-state index in [0.29, 0.717) is 18.9 Å². The number of carbonyl (C=O) groups excluding carboxylic acids is 1. The Hall–Kier alpha value is -2.43. The summed E-state index contributed by atoms with van der Waals surface area (Å²) in [5.41, 5.74) is 1.73. The molecule has 2 aromatic rings. The molecule has 5 heteroatoms. The average Bonchev–Trinajstić information content (AvgIpc) is 3.08. The minimum absolute atomic E-state index is 0.135. The number of amides is 1. The van der Waals surface area contributed by atoms with Crippen LogP contribution in [0.3, 0.4) is 0 Å². The third-order valence-electron chi connectivity index (χ3n) is 3.27. The molecule has 19 heavy (non-hydrogen) atoms. The van der Waals surface area contributed by atoms with Gasteiger partial charge in [-0.15, -0.1) is 16.8 Å². The van der Waals surface area contributed by atoms with Crippen LogP contribution in [0.5, 0.6) is 0 Å². The molecule has 1 amide bonds. The second kappa shape index (κ2) is 4.68. The Morgan fingerprint density at radius 3 is 2.74 bits per heavy atom. The van der Waals surface area contributed by atoms with Crippen molar-refractivity contribution in [2.45, 2.75) is 6.42 Å². The Balaban J connectivity index is 1.83. The lowest BCUT2D eigenvalue weighted by molar-refractivity contribution is -0.117. The van der Waals surface area contributed by atoms with Gasteiger partial charge in [0.15, 0.2) is 0 Å². The van der Waals surface area contributed by atoms with Crippen molar-refractivity contribution in [2.75, 3.05) is 11.4 Å². The maximum Gasteiger partial charge on any atom is 0.247 e. The number of carbonyl (C=O) groups is 1. The molecule has 0 saturated carbocycles. The maximum atomic E-state index is 11.9. The van der Waals surface area contributed by atoms with E-state index in [9.17, 15) is 4.79 Å². The van der Waals surface area contributed by atoms with Gasteiger partial charge in [-0.1, -0.05) is 6.08 Å². The van der Waals surface area contributed by atoms with Crippen molar-refractivity contribution < 1.29 is 9.21 Å². The molecular formula is C14H13N3O2. The molecule has 1 unspecified atom stereocenters. The van der Waals surface area contributed by atoms with Gasteiger partial charge in [0.05, 0.1) is 0 Å². The van der Waals surface area contributed by atoms with E-state index < -0.39 is 0 Å². The lowest BCUT2D eigenvalue weighted by atomic mass is 10.1. The fraction of sp³-hybridized carbons (Fsp3) is 0.214. The number of nitrogens with zero attached hydrogens (tertiary/aromatic N) is 3. The van der Waals surface area contributed by atoms with E-state index in [1.807, 2.05) is 30.3 Å². The first kappa shape index (κ1) is 11.6. The van der Waals surface area contributed by atoms with E-state index in [0.717, 1.165) is 11.3 Å². The maximum absolute atomic E-state index is 11.9. The molecule has 1 aromatic carbocycles. The number of hydrogen-bond donors (Lipinski definition) is 0.